The minimum atomic E-state index is -4.14. The number of aromatic nitrogens is 2. The van der Waals surface area contributed by atoms with Crippen LogP contribution >= 0.6 is 11.3 Å². The van der Waals surface area contributed by atoms with Crippen molar-refractivity contribution in [1.29, 1.82) is 0 Å². The average molecular weight is 573 g/mol. The Labute approximate surface area is 228 Å². The summed E-state index contributed by atoms with van der Waals surface area (Å²) >= 11 is 1.23. The number of nitrogens with one attached hydrogen (secondary N) is 2. The molecule has 0 unspecified atom stereocenters. The van der Waals surface area contributed by atoms with Crippen LogP contribution in [0.15, 0.2) is 64.9 Å². The predicted octanol–water partition coefficient (Wildman–Crippen LogP) is 5.06. The van der Waals surface area contributed by atoms with Crippen LogP contribution in [0.1, 0.15) is 39.6 Å². The molecule has 0 aliphatic heterocycles. The first-order chi connectivity index (χ1) is 18.5. The van der Waals surface area contributed by atoms with Crippen molar-refractivity contribution < 1.29 is 32.2 Å². The van der Waals surface area contributed by atoms with Crippen molar-refractivity contribution in [2.45, 2.75) is 25.7 Å². The summed E-state index contributed by atoms with van der Waals surface area (Å²) in [5, 5.41) is 18.1. The minimum Gasteiger partial charge on any atom is -0.476 e. The van der Waals surface area contributed by atoms with E-state index in [-0.39, 0.29) is 45.9 Å². The molecule has 4 rings (SSSR count). The molecule has 204 valence electrons. The number of carboxylic acids is 1. The zero-order chi connectivity index (χ0) is 28.3. The number of nitrogens with zero attached hydrogens (tertiary/aromatic N) is 2. The number of sulfonamides is 1. The zero-order valence-corrected chi connectivity index (χ0v) is 22.8. The van der Waals surface area contributed by atoms with E-state index in [2.05, 4.69) is 15.1 Å². The van der Waals surface area contributed by atoms with E-state index in [1.807, 2.05) is 13.8 Å². The number of rotatable bonds is 10. The van der Waals surface area contributed by atoms with Crippen molar-refractivity contribution in [3.63, 3.8) is 0 Å². The molecule has 2 aromatic carbocycles. The lowest BCUT2D eigenvalue weighted by atomic mass is 10.2. The van der Waals surface area contributed by atoms with Gasteiger partial charge in [0.2, 0.25) is 15.9 Å². The number of halogens is 1. The lowest BCUT2D eigenvalue weighted by Gasteiger charge is -2.16. The van der Waals surface area contributed by atoms with Gasteiger partial charge in [0.15, 0.2) is 5.69 Å². The fourth-order valence-electron chi connectivity index (χ4n) is 3.50. The molecule has 13 heteroatoms. The van der Waals surface area contributed by atoms with Crippen LogP contribution in [0.3, 0.4) is 0 Å². The van der Waals surface area contributed by atoms with Crippen molar-refractivity contribution >= 4 is 38.9 Å². The van der Waals surface area contributed by atoms with Crippen LogP contribution in [0.2, 0.25) is 0 Å². The molecule has 0 fully saturated rings. The second-order valence-corrected chi connectivity index (χ2v) is 11.6. The van der Waals surface area contributed by atoms with Gasteiger partial charge in [-0.25, -0.2) is 22.3 Å². The summed E-state index contributed by atoms with van der Waals surface area (Å²) in [4.78, 5) is 24.5. The summed E-state index contributed by atoms with van der Waals surface area (Å²) in [6.45, 7) is 5.29. The van der Waals surface area contributed by atoms with Gasteiger partial charge in [-0.1, -0.05) is 19.9 Å². The molecule has 0 saturated heterocycles. The number of benzene rings is 2. The second-order valence-electron chi connectivity index (χ2n) is 8.91. The molecule has 0 aliphatic rings. The highest BCUT2D eigenvalue weighted by Crippen LogP contribution is 2.35. The van der Waals surface area contributed by atoms with E-state index in [4.69, 9.17) is 4.74 Å². The van der Waals surface area contributed by atoms with Gasteiger partial charge in [0, 0.05) is 17.8 Å². The third-order valence-corrected chi connectivity index (χ3v) is 7.78. The van der Waals surface area contributed by atoms with Gasteiger partial charge in [-0.3, -0.25) is 4.79 Å². The van der Waals surface area contributed by atoms with Crippen molar-refractivity contribution in [1.82, 2.24) is 14.5 Å². The first-order valence-electron chi connectivity index (χ1n) is 11.7. The van der Waals surface area contributed by atoms with Gasteiger partial charge in [-0.15, -0.1) is 11.3 Å². The molecule has 10 nitrogen and oxygen atoms in total. The van der Waals surface area contributed by atoms with E-state index in [9.17, 15) is 27.5 Å². The topological polar surface area (TPSA) is 140 Å². The standard InChI is InChI=1S/C26H25FN4O6S2/c1-15(2)14-28-39(35,36)22-13-18(29-24(32)21-5-4-12-38-21)8-11-20(22)37-25-16(3)23(26(33)34)30-31(25)19-9-6-17(27)7-10-19/h4-13,15,28H,14H2,1-3H3,(H,29,32)(H,33,34). The number of aromatic carboxylic acids is 1. The van der Waals surface area contributed by atoms with Crippen LogP contribution < -0.4 is 14.8 Å². The number of hydrogen-bond acceptors (Lipinski definition) is 7. The first-order valence-corrected chi connectivity index (χ1v) is 14.1. The van der Waals surface area contributed by atoms with Gasteiger partial charge in [-0.2, -0.15) is 9.78 Å². The summed E-state index contributed by atoms with van der Waals surface area (Å²) in [6, 6.07) is 12.6. The molecule has 0 saturated carbocycles. The number of hydrogen-bond donors (Lipinski definition) is 3. The maximum absolute atomic E-state index is 13.5. The summed E-state index contributed by atoms with van der Waals surface area (Å²) < 4.78 is 49.9. The van der Waals surface area contributed by atoms with E-state index >= 15 is 0 Å². The van der Waals surface area contributed by atoms with Gasteiger partial charge in [-0.05, 0) is 66.8 Å². The average Bonchev–Trinajstić information content (AvgIpc) is 3.53. The number of carbonyl (C=O) groups excluding carboxylic acids is 1. The lowest BCUT2D eigenvalue weighted by Crippen LogP contribution is -2.28. The molecule has 0 atom stereocenters. The molecule has 0 bridgehead atoms. The molecular formula is C26H25FN4O6S2. The van der Waals surface area contributed by atoms with Crippen LogP contribution in [-0.4, -0.2) is 41.7 Å². The smallest absolute Gasteiger partial charge is 0.356 e. The Kier molecular flexibility index (Phi) is 8.14. The Balaban J connectivity index is 1.80. The first kappa shape index (κ1) is 28.0. The molecule has 1 amide bonds. The highest BCUT2D eigenvalue weighted by Gasteiger charge is 2.26. The third-order valence-electron chi connectivity index (χ3n) is 5.47. The van der Waals surface area contributed by atoms with Gasteiger partial charge in [0.25, 0.3) is 5.91 Å². The zero-order valence-electron chi connectivity index (χ0n) is 21.1. The summed E-state index contributed by atoms with van der Waals surface area (Å²) in [5.41, 5.74) is 0.307. The van der Waals surface area contributed by atoms with Gasteiger partial charge in [0.1, 0.15) is 16.5 Å². The largest absolute Gasteiger partial charge is 0.476 e. The fraction of sp³-hybridized carbons (Fsp3) is 0.192. The normalized spacial score (nSPS) is 11.5. The summed E-state index contributed by atoms with van der Waals surface area (Å²) in [5.74, 6) is -2.44. The Bertz CT molecular complexity index is 1610. The van der Waals surface area contributed by atoms with Crippen LogP contribution in [0.4, 0.5) is 10.1 Å². The molecule has 0 spiro atoms. The van der Waals surface area contributed by atoms with Crippen LogP contribution in [0, 0.1) is 18.7 Å². The number of thiophene rings is 1. The van der Waals surface area contributed by atoms with Gasteiger partial charge < -0.3 is 15.2 Å². The molecule has 2 heterocycles. The molecule has 2 aromatic heterocycles. The number of carbonyl (C=O) groups is 2. The Morgan fingerprint density at radius 3 is 2.49 bits per heavy atom. The van der Waals surface area contributed by atoms with Crippen LogP contribution in [-0.2, 0) is 10.0 Å². The minimum absolute atomic E-state index is 0.00568. The van der Waals surface area contributed by atoms with E-state index in [1.54, 1.807) is 17.5 Å². The van der Waals surface area contributed by atoms with Crippen LogP contribution in [0.5, 0.6) is 11.6 Å². The third kappa shape index (κ3) is 6.33. The quantitative estimate of drug-likeness (QED) is 0.241. The van der Waals surface area contributed by atoms with E-state index in [0.29, 0.717) is 10.6 Å². The SMILES string of the molecule is Cc1c(C(=O)O)nn(-c2ccc(F)cc2)c1Oc1ccc(NC(=O)c2cccs2)cc1S(=O)(=O)NCC(C)C. The molecule has 3 N–H and O–H groups in total. The van der Waals surface area contributed by atoms with Gasteiger partial charge >= 0.3 is 5.97 Å². The van der Waals surface area contributed by atoms with Crippen LogP contribution in [0.25, 0.3) is 5.69 Å². The Hall–Kier alpha value is -4.07. The fourth-order valence-corrected chi connectivity index (χ4v) is 5.48. The monoisotopic (exact) mass is 572 g/mol. The van der Waals surface area contributed by atoms with Crippen molar-refractivity contribution in [2.75, 3.05) is 11.9 Å². The van der Waals surface area contributed by atoms with Crippen molar-refractivity contribution in [2.24, 2.45) is 5.92 Å². The number of carboxylic acid groups (broad SMARTS) is 1. The van der Waals surface area contributed by atoms with E-state index in [0.717, 1.165) is 4.68 Å². The van der Waals surface area contributed by atoms with Crippen molar-refractivity contribution in [3.05, 3.63) is 81.9 Å². The predicted molar refractivity (Wildman–Crippen MR) is 144 cm³/mol. The molecule has 4 aromatic rings. The van der Waals surface area contributed by atoms with Crippen molar-refractivity contribution in [3.8, 4) is 17.3 Å². The maximum atomic E-state index is 13.5. The lowest BCUT2D eigenvalue weighted by molar-refractivity contribution is 0.0689. The van der Waals surface area contributed by atoms with E-state index in [1.165, 1.54) is 60.7 Å². The second kappa shape index (κ2) is 11.4. The molecular weight excluding hydrogens is 547 g/mol. The Morgan fingerprint density at radius 1 is 1.15 bits per heavy atom. The highest BCUT2D eigenvalue weighted by atomic mass is 32.2. The summed E-state index contributed by atoms with van der Waals surface area (Å²) in [6.07, 6.45) is 0. The molecule has 0 aliphatic carbocycles. The molecule has 39 heavy (non-hydrogen) atoms. The highest BCUT2D eigenvalue weighted by molar-refractivity contribution is 7.89. The Morgan fingerprint density at radius 2 is 1.87 bits per heavy atom. The van der Waals surface area contributed by atoms with Gasteiger partial charge in [0.05, 0.1) is 10.6 Å². The molecule has 0 radical (unpaired) electrons. The van der Waals surface area contributed by atoms with E-state index < -0.39 is 27.7 Å². The maximum Gasteiger partial charge on any atom is 0.356 e. The number of anilines is 1. The summed E-state index contributed by atoms with van der Waals surface area (Å²) in [7, 11) is -4.14. The number of amides is 1. The number of ether oxygens (including phenoxy) is 1.